The lowest BCUT2D eigenvalue weighted by molar-refractivity contribution is -0.137. The molecule has 3 aliphatic rings. The second-order valence-electron chi connectivity index (χ2n) is 7.18. The zero-order valence-electron chi connectivity index (χ0n) is 14.6. The van der Waals surface area contributed by atoms with Crippen molar-refractivity contribution < 1.29 is 14.3 Å². The summed E-state index contributed by atoms with van der Waals surface area (Å²) in [4.78, 5) is 28.4. The van der Waals surface area contributed by atoms with Crippen LogP contribution in [0.5, 0.6) is 0 Å². The fraction of sp³-hybridized carbons (Fsp3) is 0.579. The average Bonchev–Trinajstić information content (AvgIpc) is 3.26. The van der Waals surface area contributed by atoms with E-state index in [0.717, 1.165) is 43.5 Å². The molecular formula is C19H25N3O3. The quantitative estimate of drug-likeness (QED) is 0.795. The third kappa shape index (κ3) is 2.39. The molecule has 3 aliphatic heterocycles. The molecule has 0 unspecified atom stereocenters. The molecule has 0 aromatic heterocycles. The van der Waals surface area contributed by atoms with Crippen molar-refractivity contribution >= 4 is 17.5 Å². The number of benzene rings is 1. The Morgan fingerprint density at radius 2 is 2.28 bits per heavy atom. The highest BCUT2D eigenvalue weighted by molar-refractivity contribution is 6.09. The highest BCUT2D eigenvalue weighted by Gasteiger charge is 2.65. The van der Waals surface area contributed by atoms with Gasteiger partial charge in [0.25, 0.3) is 0 Å². The molecular weight excluding hydrogens is 318 g/mol. The number of ether oxygens (including phenoxy) is 1. The molecule has 0 aliphatic carbocycles. The highest BCUT2D eigenvalue weighted by Crippen LogP contribution is 2.55. The lowest BCUT2D eigenvalue weighted by atomic mass is 9.78. The molecule has 3 heterocycles. The van der Waals surface area contributed by atoms with Gasteiger partial charge in [0.2, 0.25) is 11.8 Å². The Labute approximate surface area is 147 Å². The number of carbonyl (C=O) groups excluding carboxylic acids is 2. The molecule has 2 saturated heterocycles. The Morgan fingerprint density at radius 3 is 3.12 bits per heavy atom. The number of fused-ring (bicyclic) bond motifs is 4. The molecule has 4 rings (SSSR count). The molecule has 1 spiro atoms. The Bertz CT molecular complexity index is 692. The Morgan fingerprint density at radius 1 is 1.44 bits per heavy atom. The Kier molecular flexibility index (Phi) is 4.25. The number of hydrogen-bond acceptors (Lipinski definition) is 4. The summed E-state index contributed by atoms with van der Waals surface area (Å²) in [6.45, 7) is 2.07. The van der Waals surface area contributed by atoms with E-state index in [1.807, 2.05) is 24.3 Å². The Hall–Kier alpha value is -1.92. The monoisotopic (exact) mass is 343 g/mol. The topological polar surface area (TPSA) is 70.7 Å². The van der Waals surface area contributed by atoms with Crippen LogP contribution >= 0.6 is 0 Å². The van der Waals surface area contributed by atoms with E-state index in [2.05, 4.69) is 15.5 Å². The van der Waals surface area contributed by atoms with Crippen LogP contribution in [0.1, 0.15) is 31.2 Å². The number of amides is 2. The van der Waals surface area contributed by atoms with Crippen molar-refractivity contribution in [1.29, 1.82) is 0 Å². The molecule has 0 bridgehead atoms. The second kappa shape index (κ2) is 6.42. The third-order valence-corrected chi connectivity index (χ3v) is 5.92. The number of nitrogens with one attached hydrogen (secondary N) is 2. The second-order valence-corrected chi connectivity index (χ2v) is 7.18. The minimum absolute atomic E-state index is 0.0163. The van der Waals surface area contributed by atoms with Crippen molar-refractivity contribution in [3.63, 3.8) is 0 Å². The van der Waals surface area contributed by atoms with Crippen molar-refractivity contribution in [3.8, 4) is 0 Å². The van der Waals surface area contributed by atoms with Crippen molar-refractivity contribution in [2.45, 2.75) is 37.3 Å². The maximum atomic E-state index is 13.1. The van der Waals surface area contributed by atoms with Gasteiger partial charge < -0.3 is 15.4 Å². The number of methoxy groups -OCH3 is 1. The highest BCUT2D eigenvalue weighted by atomic mass is 16.5. The molecule has 3 atom stereocenters. The molecule has 2 fully saturated rings. The summed E-state index contributed by atoms with van der Waals surface area (Å²) in [6, 6.07) is 8.12. The fourth-order valence-electron chi connectivity index (χ4n) is 4.93. The number of rotatable bonds is 5. The molecule has 2 N–H and O–H groups in total. The van der Waals surface area contributed by atoms with E-state index >= 15 is 0 Å². The first kappa shape index (κ1) is 16.5. The first-order chi connectivity index (χ1) is 12.2. The predicted octanol–water partition coefficient (Wildman–Crippen LogP) is 1.47. The molecule has 0 saturated carbocycles. The van der Waals surface area contributed by atoms with Gasteiger partial charge >= 0.3 is 0 Å². The van der Waals surface area contributed by atoms with Gasteiger partial charge in [0.05, 0.1) is 5.92 Å². The SMILES string of the molecule is COCCCNC(=O)[C@H]1C[C@H]2CCCN2[C@@]12C(=O)Nc1ccccc12. The fourth-order valence-corrected chi connectivity index (χ4v) is 4.93. The van der Waals surface area contributed by atoms with Gasteiger partial charge in [0.1, 0.15) is 5.54 Å². The first-order valence-electron chi connectivity index (χ1n) is 9.14. The molecule has 6 heteroatoms. The maximum absolute atomic E-state index is 13.1. The molecule has 6 nitrogen and oxygen atoms in total. The number of nitrogens with zero attached hydrogens (tertiary/aromatic N) is 1. The summed E-state index contributed by atoms with van der Waals surface area (Å²) in [6.07, 6.45) is 3.67. The summed E-state index contributed by atoms with van der Waals surface area (Å²) in [5.74, 6) is -0.406. The molecule has 2 amide bonds. The van der Waals surface area contributed by atoms with Gasteiger partial charge in [-0.25, -0.2) is 0 Å². The lowest BCUT2D eigenvalue weighted by Crippen LogP contribution is -2.54. The maximum Gasteiger partial charge on any atom is 0.250 e. The molecule has 1 aromatic carbocycles. The molecule has 1 aromatic rings. The van der Waals surface area contributed by atoms with Crippen molar-refractivity contribution in [1.82, 2.24) is 10.2 Å². The van der Waals surface area contributed by atoms with Crippen LogP contribution in [0.4, 0.5) is 5.69 Å². The van der Waals surface area contributed by atoms with E-state index in [1.165, 1.54) is 0 Å². The zero-order valence-corrected chi connectivity index (χ0v) is 14.6. The van der Waals surface area contributed by atoms with Crippen molar-refractivity contribution in [3.05, 3.63) is 29.8 Å². The summed E-state index contributed by atoms with van der Waals surface area (Å²) >= 11 is 0. The van der Waals surface area contributed by atoms with E-state index in [9.17, 15) is 9.59 Å². The standard InChI is InChI=1S/C19H25N3O3/c1-25-11-5-9-20-17(23)15-12-13-6-4-10-22(13)19(15)14-7-2-3-8-16(14)21-18(19)24/h2-3,7-8,13,15H,4-6,9-12H2,1H3,(H,20,23)(H,21,24)/t13-,15-,19-/m1/s1. The zero-order chi connectivity index (χ0) is 17.4. The Balaban J connectivity index is 1.67. The van der Waals surface area contributed by atoms with Crippen LogP contribution < -0.4 is 10.6 Å². The first-order valence-corrected chi connectivity index (χ1v) is 9.14. The number of hydrogen-bond donors (Lipinski definition) is 2. The van der Waals surface area contributed by atoms with E-state index in [0.29, 0.717) is 19.2 Å². The van der Waals surface area contributed by atoms with E-state index < -0.39 is 5.54 Å². The van der Waals surface area contributed by atoms with E-state index in [-0.39, 0.29) is 17.7 Å². The van der Waals surface area contributed by atoms with Crippen LogP contribution in [0.15, 0.2) is 24.3 Å². The summed E-state index contributed by atoms with van der Waals surface area (Å²) in [5, 5.41) is 6.05. The molecule has 0 radical (unpaired) electrons. The summed E-state index contributed by atoms with van der Waals surface area (Å²) in [5.41, 5.74) is 0.960. The number of para-hydroxylation sites is 1. The smallest absolute Gasteiger partial charge is 0.250 e. The van der Waals surface area contributed by atoms with Crippen molar-refractivity contribution in [2.24, 2.45) is 5.92 Å². The lowest BCUT2D eigenvalue weighted by Gasteiger charge is -2.36. The largest absolute Gasteiger partial charge is 0.385 e. The predicted molar refractivity (Wildman–Crippen MR) is 94.1 cm³/mol. The van der Waals surface area contributed by atoms with E-state index in [4.69, 9.17) is 4.74 Å². The molecule has 134 valence electrons. The van der Waals surface area contributed by atoms with Gasteiger partial charge in [0, 0.05) is 37.6 Å². The van der Waals surface area contributed by atoms with Crippen LogP contribution in [0.2, 0.25) is 0 Å². The van der Waals surface area contributed by atoms with Crippen LogP contribution in [0, 0.1) is 5.92 Å². The molecule has 25 heavy (non-hydrogen) atoms. The van der Waals surface area contributed by atoms with Gasteiger partial charge in [0.15, 0.2) is 0 Å². The van der Waals surface area contributed by atoms with Gasteiger partial charge in [-0.15, -0.1) is 0 Å². The minimum Gasteiger partial charge on any atom is -0.385 e. The van der Waals surface area contributed by atoms with Crippen molar-refractivity contribution in [2.75, 3.05) is 32.1 Å². The van der Waals surface area contributed by atoms with Crippen LogP contribution in [0.3, 0.4) is 0 Å². The third-order valence-electron chi connectivity index (χ3n) is 5.92. The van der Waals surface area contributed by atoms with Gasteiger partial charge in [-0.3, -0.25) is 14.5 Å². The number of carbonyl (C=O) groups is 2. The van der Waals surface area contributed by atoms with Crippen LogP contribution in [-0.2, 0) is 19.9 Å². The minimum atomic E-state index is -0.844. The summed E-state index contributed by atoms with van der Waals surface area (Å²) in [7, 11) is 1.65. The normalized spacial score (nSPS) is 30.4. The summed E-state index contributed by atoms with van der Waals surface area (Å²) < 4.78 is 5.04. The van der Waals surface area contributed by atoms with Crippen LogP contribution in [-0.4, -0.2) is 49.6 Å². The average molecular weight is 343 g/mol. The van der Waals surface area contributed by atoms with Gasteiger partial charge in [-0.1, -0.05) is 18.2 Å². The van der Waals surface area contributed by atoms with E-state index in [1.54, 1.807) is 7.11 Å². The van der Waals surface area contributed by atoms with Crippen LogP contribution in [0.25, 0.3) is 0 Å². The van der Waals surface area contributed by atoms with Gasteiger partial charge in [-0.05, 0) is 38.3 Å². The van der Waals surface area contributed by atoms with Gasteiger partial charge in [-0.2, -0.15) is 0 Å². The number of anilines is 1.